The first kappa shape index (κ1) is 19.4. The van der Waals surface area contributed by atoms with Crippen molar-refractivity contribution in [3.8, 4) is 17.1 Å². The molecule has 2 aromatic rings. The minimum Gasteiger partial charge on any atom is -0.497 e. The van der Waals surface area contributed by atoms with E-state index in [1.165, 1.54) is 0 Å². The van der Waals surface area contributed by atoms with Gasteiger partial charge in [-0.1, -0.05) is 17.3 Å². The molecule has 0 radical (unpaired) electrons. The number of rotatable bonds is 7. The quantitative estimate of drug-likeness (QED) is 0.804. The van der Waals surface area contributed by atoms with E-state index >= 15 is 0 Å². The number of nitrogens with one attached hydrogen (secondary N) is 1. The summed E-state index contributed by atoms with van der Waals surface area (Å²) >= 11 is 0. The molecule has 3 rings (SSSR count). The molecule has 27 heavy (non-hydrogen) atoms. The zero-order valence-corrected chi connectivity index (χ0v) is 16.4. The maximum atomic E-state index is 12.5. The average Bonchev–Trinajstić information content (AvgIpc) is 3.31. The molecule has 0 saturated carbocycles. The predicted molar refractivity (Wildman–Crippen MR) is 102 cm³/mol. The summed E-state index contributed by atoms with van der Waals surface area (Å²) in [5, 5.41) is 7.01. The van der Waals surface area contributed by atoms with Crippen LogP contribution in [0, 0.1) is 0 Å². The number of carbonyl (C=O) groups is 1. The predicted octanol–water partition coefficient (Wildman–Crippen LogP) is 3.19. The minimum atomic E-state index is -0.335. The summed E-state index contributed by atoms with van der Waals surface area (Å²) < 4.78 is 10.6. The topological polar surface area (TPSA) is 80.5 Å². The number of hydrogen-bond acceptors (Lipinski definition) is 6. The van der Waals surface area contributed by atoms with Gasteiger partial charge in [0.25, 0.3) is 0 Å². The van der Waals surface area contributed by atoms with Crippen LogP contribution in [0.1, 0.15) is 52.0 Å². The molecule has 1 fully saturated rings. The summed E-state index contributed by atoms with van der Waals surface area (Å²) in [6.07, 6.45) is 2.72. The molecule has 2 heterocycles. The molecule has 7 heteroatoms. The van der Waals surface area contributed by atoms with Crippen LogP contribution in [0.25, 0.3) is 11.4 Å². The van der Waals surface area contributed by atoms with Gasteiger partial charge in [-0.2, -0.15) is 4.98 Å². The molecule has 1 aromatic carbocycles. The van der Waals surface area contributed by atoms with Crippen LogP contribution in [-0.4, -0.2) is 46.7 Å². The number of carbonyl (C=O) groups excluding carboxylic acids is 1. The molecule has 7 nitrogen and oxygen atoms in total. The number of hydrogen-bond donors (Lipinski definition) is 1. The number of amides is 1. The van der Waals surface area contributed by atoms with Gasteiger partial charge in [0.2, 0.25) is 17.6 Å². The van der Waals surface area contributed by atoms with Crippen LogP contribution in [0.15, 0.2) is 28.8 Å². The van der Waals surface area contributed by atoms with E-state index in [2.05, 4.69) is 34.2 Å². The maximum absolute atomic E-state index is 12.5. The summed E-state index contributed by atoms with van der Waals surface area (Å²) in [5.74, 6) is 1.62. The largest absolute Gasteiger partial charge is 0.497 e. The summed E-state index contributed by atoms with van der Waals surface area (Å²) in [6.45, 7) is 7.28. The lowest BCUT2D eigenvalue weighted by atomic mass is 10.1. The standard InChI is InChI=1S/C20H28N4O3/c1-13(2)24-10-6-8-16(24)12-18(25)21-14(3)20-22-19(23-27-20)15-7-5-9-17(11-15)26-4/h5,7,9,11,13-14,16H,6,8,10,12H2,1-4H3,(H,21,25)/t14-,16+/m0/s1. The van der Waals surface area contributed by atoms with E-state index in [1.807, 2.05) is 31.2 Å². The average molecular weight is 372 g/mol. The highest BCUT2D eigenvalue weighted by molar-refractivity contribution is 5.77. The van der Waals surface area contributed by atoms with Gasteiger partial charge >= 0.3 is 0 Å². The van der Waals surface area contributed by atoms with E-state index in [4.69, 9.17) is 9.26 Å². The van der Waals surface area contributed by atoms with Crippen LogP contribution in [-0.2, 0) is 4.79 Å². The molecule has 1 aromatic heterocycles. The SMILES string of the molecule is COc1cccc(-c2noc([C@H](C)NC(=O)C[C@H]3CCCN3C(C)C)n2)c1. The third-order valence-corrected chi connectivity index (χ3v) is 5.02. The monoisotopic (exact) mass is 372 g/mol. The first-order valence-corrected chi connectivity index (χ1v) is 9.51. The van der Waals surface area contributed by atoms with Gasteiger partial charge < -0.3 is 14.6 Å². The van der Waals surface area contributed by atoms with Crippen LogP contribution < -0.4 is 10.1 Å². The van der Waals surface area contributed by atoms with Gasteiger partial charge in [-0.15, -0.1) is 0 Å². The molecular weight excluding hydrogens is 344 g/mol. The lowest BCUT2D eigenvalue weighted by Gasteiger charge is -2.28. The number of nitrogens with zero attached hydrogens (tertiary/aromatic N) is 3. The van der Waals surface area contributed by atoms with Crippen molar-refractivity contribution in [3.63, 3.8) is 0 Å². The molecule has 1 aliphatic rings. The van der Waals surface area contributed by atoms with Crippen LogP contribution in [0.5, 0.6) is 5.75 Å². The summed E-state index contributed by atoms with van der Waals surface area (Å²) in [4.78, 5) is 19.3. The van der Waals surface area contributed by atoms with Crippen molar-refractivity contribution in [2.75, 3.05) is 13.7 Å². The van der Waals surface area contributed by atoms with Gasteiger partial charge in [0.05, 0.1) is 7.11 Å². The highest BCUT2D eigenvalue weighted by Crippen LogP contribution is 2.24. The molecule has 0 unspecified atom stereocenters. The Morgan fingerprint density at radius 3 is 2.96 bits per heavy atom. The molecule has 1 amide bonds. The minimum absolute atomic E-state index is 0.0150. The van der Waals surface area contributed by atoms with E-state index in [9.17, 15) is 4.79 Å². The Kier molecular flexibility index (Phi) is 6.11. The van der Waals surface area contributed by atoms with E-state index < -0.39 is 0 Å². The van der Waals surface area contributed by atoms with Crippen LogP contribution >= 0.6 is 0 Å². The first-order chi connectivity index (χ1) is 13.0. The van der Waals surface area contributed by atoms with Crippen molar-refractivity contribution in [2.24, 2.45) is 0 Å². The zero-order chi connectivity index (χ0) is 19.4. The Bertz CT molecular complexity index is 774. The smallest absolute Gasteiger partial charge is 0.249 e. The summed E-state index contributed by atoms with van der Waals surface area (Å²) in [6, 6.07) is 7.91. The highest BCUT2D eigenvalue weighted by Gasteiger charge is 2.29. The van der Waals surface area contributed by atoms with Gasteiger partial charge in [0, 0.05) is 24.1 Å². The number of ether oxygens (including phenoxy) is 1. The van der Waals surface area contributed by atoms with Crippen LogP contribution in [0.4, 0.5) is 0 Å². The van der Waals surface area contributed by atoms with Gasteiger partial charge in [0.1, 0.15) is 11.8 Å². The Hall–Kier alpha value is -2.41. The third-order valence-electron chi connectivity index (χ3n) is 5.02. The second-order valence-corrected chi connectivity index (χ2v) is 7.31. The zero-order valence-electron chi connectivity index (χ0n) is 16.4. The lowest BCUT2D eigenvalue weighted by Crippen LogP contribution is -2.39. The molecule has 1 N–H and O–H groups in total. The third kappa shape index (κ3) is 4.66. The fourth-order valence-corrected chi connectivity index (χ4v) is 3.62. The van der Waals surface area contributed by atoms with E-state index in [0.717, 1.165) is 30.7 Å². The van der Waals surface area contributed by atoms with Gasteiger partial charge in [-0.25, -0.2) is 0 Å². The number of likely N-dealkylation sites (tertiary alicyclic amines) is 1. The molecular formula is C20H28N4O3. The van der Waals surface area contributed by atoms with Crippen molar-refractivity contribution in [1.82, 2.24) is 20.4 Å². The molecule has 1 saturated heterocycles. The molecule has 2 atom stereocenters. The van der Waals surface area contributed by atoms with Crippen molar-refractivity contribution in [3.05, 3.63) is 30.2 Å². The second kappa shape index (κ2) is 8.52. The van der Waals surface area contributed by atoms with Crippen molar-refractivity contribution in [2.45, 2.75) is 58.2 Å². The second-order valence-electron chi connectivity index (χ2n) is 7.31. The fourth-order valence-electron chi connectivity index (χ4n) is 3.62. The highest BCUT2D eigenvalue weighted by atomic mass is 16.5. The Morgan fingerprint density at radius 1 is 1.41 bits per heavy atom. The Labute approximate surface area is 160 Å². The van der Waals surface area contributed by atoms with Crippen molar-refractivity contribution < 1.29 is 14.1 Å². The molecule has 0 spiro atoms. The van der Waals surface area contributed by atoms with Crippen LogP contribution in [0.3, 0.4) is 0 Å². The fraction of sp³-hybridized carbons (Fsp3) is 0.550. The molecule has 1 aliphatic heterocycles. The van der Waals surface area contributed by atoms with E-state index in [0.29, 0.717) is 30.2 Å². The van der Waals surface area contributed by atoms with Gasteiger partial charge in [-0.05, 0) is 52.3 Å². The molecule has 146 valence electrons. The van der Waals surface area contributed by atoms with Crippen molar-refractivity contribution in [1.29, 1.82) is 0 Å². The van der Waals surface area contributed by atoms with E-state index in [-0.39, 0.29) is 11.9 Å². The number of aromatic nitrogens is 2. The summed E-state index contributed by atoms with van der Waals surface area (Å²) in [5.41, 5.74) is 0.807. The number of benzene rings is 1. The molecule has 0 aliphatic carbocycles. The summed E-state index contributed by atoms with van der Waals surface area (Å²) in [7, 11) is 1.61. The normalized spacial score (nSPS) is 18.6. The number of methoxy groups -OCH3 is 1. The Morgan fingerprint density at radius 2 is 2.22 bits per heavy atom. The maximum Gasteiger partial charge on any atom is 0.249 e. The first-order valence-electron chi connectivity index (χ1n) is 9.51. The lowest BCUT2D eigenvalue weighted by molar-refractivity contribution is -0.123. The van der Waals surface area contributed by atoms with Crippen LogP contribution in [0.2, 0.25) is 0 Å². The van der Waals surface area contributed by atoms with Gasteiger partial charge in [0.15, 0.2) is 0 Å². The Balaban J connectivity index is 1.60. The van der Waals surface area contributed by atoms with E-state index in [1.54, 1.807) is 7.11 Å². The van der Waals surface area contributed by atoms with Crippen molar-refractivity contribution >= 4 is 5.91 Å². The van der Waals surface area contributed by atoms with Gasteiger partial charge in [-0.3, -0.25) is 9.69 Å². The molecule has 0 bridgehead atoms.